The largest absolute Gasteiger partial charge is 0.489 e. The predicted octanol–water partition coefficient (Wildman–Crippen LogP) is 4.47. The van der Waals surface area contributed by atoms with Gasteiger partial charge in [-0.15, -0.1) is 0 Å². The van der Waals surface area contributed by atoms with Gasteiger partial charge in [0.2, 0.25) is 0 Å². The summed E-state index contributed by atoms with van der Waals surface area (Å²) < 4.78 is 46.3. The van der Waals surface area contributed by atoms with E-state index in [4.69, 9.17) is 4.74 Å². The van der Waals surface area contributed by atoms with E-state index >= 15 is 0 Å². The zero-order valence-corrected chi connectivity index (χ0v) is 16.9. The number of rotatable bonds is 4. The minimum absolute atomic E-state index is 0.0112. The van der Waals surface area contributed by atoms with Gasteiger partial charge in [0.25, 0.3) is 11.6 Å². The molecule has 1 atom stereocenters. The quantitative estimate of drug-likeness (QED) is 0.766. The molecule has 0 radical (unpaired) electrons. The molecule has 0 unspecified atom stereocenters. The molecule has 1 amide bonds. The Hall–Kier alpha value is -3.00. The van der Waals surface area contributed by atoms with E-state index in [0.29, 0.717) is 17.9 Å². The van der Waals surface area contributed by atoms with Crippen molar-refractivity contribution in [3.63, 3.8) is 0 Å². The fourth-order valence-corrected chi connectivity index (χ4v) is 3.00. The molecule has 0 aliphatic carbocycles. The Labute approximate surface area is 172 Å². The van der Waals surface area contributed by atoms with Gasteiger partial charge in [-0.3, -0.25) is 10.2 Å². The molecule has 160 valence electrons. The van der Waals surface area contributed by atoms with E-state index in [9.17, 15) is 23.1 Å². The number of hydrogen-bond acceptors (Lipinski definition) is 4. The number of hydrazine groups is 1. The highest BCUT2D eigenvalue weighted by Crippen LogP contribution is 2.42. The van der Waals surface area contributed by atoms with Gasteiger partial charge in [-0.2, -0.15) is 13.2 Å². The number of hydrogen-bond donors (Lipinski definition) is 2. The topological polar surface area (TPSA) is 61.8 Å². The third kappa shape index (κ3) is 4.28. The molecule has 30 heavy (non-hydrogen) atoms. The lowest BCUT2D eigenvalue weighted by atomic mass is 10.1. The molecule has 0 spiro atoms. The van der Waals surface area contributed by atoms with Gasteiger partial charge in [-0.25, -0.2) is 5.01 Å². The van der Waals surface area contributed by atoms with Crippen LogP contribution in [0.5, 0.6) is 5.75 Å². The maximum Gasteiger partial charge on any atom is 0.438 e. The van der Waals surface area contributed by atoms with Crippen molar-refractivity contribution in [2.75, 3.05) is 0 Å². The van der Waals surface area contributed by atoms with Crippen LogP contribution < -0.4 is 10.2 Å². The summed E-state index contributed by atoms with van der Waals surface area (Å²) in [4.78, 5) is 12.7. The lowest BCUT2D eigenvalue weighted by Crippen LogP contribution is -2.59. The zero-order valence-electron chi connectivity index (χ0n) is 16.9. The van der Waals surface area contributed by atoms with E-state index in [2.05, 4.69) is 5.43 Å². The second-order valence-electron chi connectivity index (χ2n) is 7.52. The van der Waals surface area contributed by atoms with Gasteiger partial charge in [-0.1, -0.05) is 35.4 Å². The van der Waals surface area contributed by atoms with Crippen molar-refractivity contribution >= 4 is 5.91 Å². The fraction of sp³-hybridized carbons (Fsp3) is 0.318. The van der Waals surface area contributed by atoms with Crippen LogP contribution in [-0.4, -0.2) is 27.9 Å². The monoisotopic (exact) mass is 420 g/mol. The van der Waals surface area contributed by atoms with Crippen LogP contribution >= 0.6 is 0 Å². The van der Waals surface area contributed by atoms with E-state index in [1.807, 2.05) is 31.2 Å². The Kier molecular flexibility index (Phi) is 5.81. The molecule has 1 fully saturated rings. The number of nitrogens with zero attached hydrogens (tertiary/aromatic N) is 1. The lowest BCUT2D eigenvalue weighted by Gasteiger charge is -2.33. The van der Waals surface area contributed by atoms with Crippen molar-refractivity contribution in [3.05, 3.63) is 76.5 Å². The maximum atomic E-state index is 13.5. The highest BCUT2D eigenvalue weighted by Gasteiger charge is 2.63. The van der Waals surface area contributed by atoms with Gasteiger partial charge in [0.15, 0.2) is 0 Å². The first kappa shape index (κ1) is 21.7. The SMILES string of the molecule is CC(C)=C1C[C@](O)(C(F)(F)F)N(C(=O)c2ccc(OCc3ccc(C)cc3)cc2)N1. The summed E-state index contributed by atoms with van der Waals surface area (Å²) in [6, 6.07) is 13.5. The minimum atomic E-state index is -5.02. The van der Waals surface area contributed by atoms with Crippen molar-refractivity contribution in [1.82, 2.24) is 10.4 Å². The molecule has 1 heterocycles. The van der Waals surface area contributed by atoms with E-state index in [1.54, 1.807) is 13.8 Å². The van der Waals surface area contributed by atoms with Gasteiger partial charge < -0.3 is 9.84 Å². The second kappa shape index (κ2) is 8.02. The number of alkyl halides is 3. The average Bonchev–Trinajstić information content (AvgIpc) is 3.07. The summed E-state index contributed by atoms with van der Waals surface area (Å²) >= 11 is 0. The molecule has 0 bridgehead atoms. The highest BCUT2D eigenvalue weighted by molar-refractivity contribution is 5.95. The Balaban J connectivity index is 1.75. The number of amides is 1. The number of aryl methyl sites for hydroxylation is 1. The molecule has 5 nitrogen and oxygen atoms in total. The first-order chi connectivity index (χ1) is 14.0. The summed E-state index contributed by atoms with van der Waals surface area (Å²) in [5.74, 6) is -0.520. The molecule has 2 N–H and O–H groups in total. The number of allylic oxidation sites excluding steroid dienone is 1. The summed E-state index contributed by atoms with van der Waals surface area (Å²) in [5, 5.41) is 10.5. The third-order valence-electron chi connectivity index (χ3n) is 4.93. The first-order valence-corrected chi connectivity index (χ1v) is 9.36. The molecule has 2 aromatic carbocycles. The van der Waals surface area contributed by atoms with Crippen LogP contribution in [0.2, 0.25) is 0 Å². The van der Waals surface area contributed by atoms with Crippen molar-refractivity contribution in [1.29, 1.82) is 0 Å². The normalized spacial score (nSPS) is 18.9. The molecular weight excluding hydrogens is 397 g/mol. The van der Waals surface area contributed by atoms with E-state index in [1.165, 1.54) is 24.3 Å². The van der Waals surface area contributed by atoms with Crippen LogP contribution in [0.3, 0.4) is 0 Å². The van der Waals surface area contributed by atoms with E-state index < -0.39 is 24.2 Å². The smallest absolute Gasteiger partial charge is 0.438 e. The molecule has 0 aromatic heterocycles. The van der Waals surface area contributed by atoms with E-state index in [-0.39, 0.29) is 16.3 Å². The number of carbonyl (C=O) groups excluding carboxylic acids is 1. The van der Waals surface area contributed by atoms with Gasteiger partial charge >= 0.3 is 6.18 Å². The summed E-state index contributed by atoms with van der Waals surface area (Å²) in [5.41, 5.74) is 1.88. The molecule has 3 rings (SSSR count). The fourth-order valence-electron chi connectivity index (χ4n) is 3.00. The van der Waals surface area contributed by atoms with Crippen LogP contribution in [0.1, 0.15) is 41.8 Å². The predicted molar refractivity (Wildman–Crippen MR) is 105 cm³/mol. The Morgan fingerprint density at radius 2 is 1.73 bits per heavy atom. The van der Waals surface area contributed by atoms with Gasteiger partial charge in [-0.05, 0) is 50.6 Å². The van der Waals surface area contributed by atoms with E-state index in [0.717, 1.165) is 11.1 Å². The molecule has 1 saturated heterocycles. The summed E-state index contributed by atoms with van der Waals surface area (Å²) in [6.07, 6.45) is -5.77. The van der Waals surface area contributed by atoms with Crippen LogP contribution in [0.15, 0.2) is 59.8 Å². The molecule has 0 saturated carbocycles. The molecule has 1 aliphatic rings. The van der Waals surface area contributed by atoms with Crippen LogP contribution in [0.4, 0.5) is 13.2 Å². The van der Waals surface area contributed by atoms with Gasteiger partial charge in [0.05, 0.1) is 0 Å². The number of ether oxygens (including phenoxy) is 1. The summed E-state index contributed by atoms with van der Waals surface area (Å²) in [7, 11) is 0. The number of carbonyl (C=O) groups is 1. The number of halogens is 3. The zero-order chi connectivity index (χ0) is 22.1. The Bertz CT molecular complexity index is 949. The number of aliphatic hydroxyl groups is 1. The first-order valence-electron chi connectivity index (χ1n) is 9.36. The molecular formula is C22H23F3N2O3. The molecule has 1 aliphatic heterocycles. The van der Waals surface area contributed by atoms with Crippen LogP contribution in [0, 0.1) is 6.92 Å². The number of nitrogens with one attached hydrogen (secondary N) is 1. The lowest BCUT2D eigenvalue weighted by molar-refractivity contribution is -0.299. The van der Waals surface area contributed by atoms with Crippen LogP contribution in [-0.2, 0) is 6.61 Å². The Morgan fingerprint density at radius 3 is 2.27 bits per heavy atom. The maximum absolute atomic E-state index is 13.5. The molecule has 2 aromatic rings. The van der Waals surface area contributed by atoms with Crippen molar-refractivity contribution in [2.45, 2.75) is 45.7 Å². The van der Waals surface area contributed by atoms with Crippen LogP contribution in [0.25, 0.3) is 0 Å². The van der Waals surface area contributed by atoms with Gasteiger partial charge in [0, 0.05) is 17.7 Å². The Morgan fingerprint density at radius 1 is 1.13 bits per heavy atom. The average molecular weight is 420 g/mol. The van der Waals surface area contributed by atoms with Crippen molar-refractivity contribution in [2.24, 2.45) is 0 Å². The second-order valence-corrected chi connectivity index (χ2v) is 7.52. The highest BCUT2D eigenvalue weighted by atomic mass is 19.4. The van der Waals surface area contributed by atoms with Crippen molar-refractivity contribution in [3.8, 4) is 5.75 Å². The standard InChI is InChI=1S/C22H23F3N2O3/c1-14(2)19-12-21(29,22(23,24)25)27(26-19)20(28)17-8-10-18(11-9-17)30-13-16-6-4-15(3)5-7-16/h4-11,26,29H,12-13H2,1-3H3/t21-/m0/s1. The third-order valence-corrected chi connectivity index (χ3v) is 4.93. The van der Waals surface area contributed by atoms with Crippen molar-refractivity contribution < 1.29 is 27.8 Å². The summed E-state index contributed by atoms with van der Waals surface area (Å²) in [6.45, 7) is 5.51. The van der Waals surface area contributed by atoms with Gasteiger partial charge in [0.1, 0.15) is 12.4 Å². The minimum Gasteiger partial charge on any atom is -0.489 e. The molecule has 8 heteroatoms. The number of benzene rings is 2.